The van der Waals surface area contributed by atoms with Crippen LogP contribution in [0, 0.1) is 41.4 Å². The molecule has 1 aliphatic rings. The zero-order valence-corrected chi connectivity index (χ0v) is 56.4. The van der Waals surface area contributed by atoms with Gasteiger partial charge >= 0.3 is 5.97 Å². The second-order valence-electron chi connectivity index (χ2n) is 26.3. The van der Waals surface area contributed by atoms with E-state index in [4.69, 9.17) is 0 Å². The molecule has 0 aromatic carbocycles. The standard InChI is InChI=1S/C62H109N11O14/c1-24-42-58(83)67(17)32-47(74)68(18)43(28-33(2)3)55(80)66-49(37(10)11)61(86)69(19)44(29-34(4)5)54(79)63-40(15)53(78)64-41(16)57(82)70(20)45(30-35(6)7)59(84)71(21)46(31-36(8)9)60(85)72(22)50(38(12)13)62(87)73(23)51(56(81)65-42)52(77)39(14)26-25-27-48(75)76/h25,27,33-46,49-52,77H,24,26,28-32H2,1-23H3,(H,63,79)(H,64,78)(H,65,81)(H,66,80)(H,75,76)/b27-25-/t39-,40+,41+,42+,43+,44+,45+,46+,49+,50+,51?,52-/m1/s1. The van der Waals surface area contributed by atoms with Crippen molar-refractivity contribution in [3.63, 3.8) is 0 Å². The summed E-state index contributed by atoms with van der Waals surface area (Å²) in [6.07, 6.45) is 0.834. The van der Waals surface area contributed by atoms with Crippen LogP contribution in [0.4, 0.5) is 0 Å². The van der Waals surface area contributed by atoms with E-state index < -0.39 is 162 Å². The molecule has 0 aromatic heterocycles. The first kappa shape index (κ1) is 78.4. The highest BCUT2D eigenvalue weighted by Gasteiger charge is 2.46. The normalized spacial score (nSPS) is 26.5. The number of hydrogen-bond donors (Lipinski definition) is 6. The molecule has 1 heterocycles. The number of aliphatic hydroxyl groups excluding tert-OH is 1. The molecule has 11 amide bonds. The van der Waals surface area contributed by atoms with Gasteiger partial charge in [0.05, 0.1) is 12.6 Å². The average molecular weight is 1230 g/mol. The fraction of sp³-hybridized carbons (Fsp3) is 0.774. The molecule has 496 valence electrons. The summed E-state index contributed by atoms with van der Waals surface area (Å²) in [4.78, 5) is 180. The van der Waals surface area contributed by atoms with Gasteiger partial charge in [0.15, 0.2) is 0 Å². The summed E-state index contributed by atoms with van der Waals surface area (Å²) in [5.74, 6) is -12.0. The van der Waals surface area contributed by atoms with E-state index in [0.29, 0.717) is 0 Å². The number of likely N-dealkylation sites (N-methyl/N-ethyl adjacent to an activating group) is 7. The molecule has 1 rings (SSSR count). The zero-order chi connectivity index (χ0) is 67.6. The summed E-state index contributed by atoms with van der Waals surface area (Å²) in [7, 11) is 9.63. The number of aliphatic carboxylic acids is 1. The minimum atomic E-state index is -1.76. The van der Waals surface area contributed by atoms with Gasteiger partial charge in [-0.3, -0.25) is 52.7 Å². The quantitative estimate of drug-likeness (QED) is 0.121. The van der Waals surface area contributed by atoms with Crippen LogP contribution < -0.4 is 21.3 Å². The fourth-order valence-electron chi connectivity index (χ4n) is 10.7. The van der Waals surface area contributed by atoms with Gasteiger partial charge in [0.25, 0.3) is 0 Å². The van der Waals surface area contributed by atoms with Crippen LogP contribution in [-0.4, -0.2) is 238 Å². The van der Waals surface area contributed by atoms with Crippen molar-refractivity contribution in [2.45, 2.75) is 216 Å². The maximum Gasteiger partial charge on any atom is 0.327 e. The van der Waals surface area contributed by atoms with Gasteiger partial charge in [-0.2, -0.15) is 0 Å². The van der Waals surface area contributed by atoms with Gasteiger partial charge in [-0.25, -0.2) is 4.79 Å². The summed E-state index contributed by atoms with van der Waals surface area (Å²) in [5, 5.41) is 32.3. The molecule has 1 aliphatic heterocycles. The average Bonchev–Trinajstić information content (AvgIpc) is 1.19. The smallest absolute Gasteiger partial charge is 0.327 e. The van der Waals surface area contributed by atoms with Crippen LogP contribution in [0.15, 0.2) is 12.2 Å². The summed E-state index contributed by atoms with van der Waals surface area (Å²) in [5.41, 5.74) is 0. The van der Waals surface area contributed by atoms with Crippen molar-refractivity contribution in [2.75, 3.05) is 55.9 Å². The van der Waals surface area contributed by atoms with Crippen molar-refractivity contribution in [1.29, 1.82) is 0 Å². The molecule has 1 fully saturated rings. The van der Waals surface area contributed by atoms with Gasteiger partial charge in [0.1, 0.15) is 60.4 Å². The van der Waals surface area contributed by atoms with E-state index in [2.05, 4.69) is 21.3 Å². The Morgan fingerprint density at radius 3 is 1.34 bits per heavy atom. The molecule has 0 saturated carbocycles. The Bertz CT molecular complexity index is 2430. The third-order valence-electron chi connectivity index (χ3n) is 16.1. The molecule has 25 nitrogen and oxygen atoms in total. The predicted octanol–water partition coefficient (Wildman–Crippen LogP) is 2.33. The third kappa shape index (κ3) is 22.5. The number of allylic oxidation sites excluding steroid dienone is 1. The maximum absolute atomic E-state index is 15.1. The largest absolute Gasteiger partial charge is 0.478 e. The van der Waals surface area contributed by atoms with Gasteiger partial charge in [0, 0.05) is 55.4 Å². The highest BCUT2D eigenvalue weighted by atomic mass is 16.4. The van der Waals surface area contributed by atoms with E-state index in [1.54, 1.807) is 34.6 Å². The minimum Gasteiger partial charge on any atom is -0.478 e. The number of rotatable bonds is 16. The Morgan fingerprint density at radius 2 is 0.897 bits per heavy atom. The number of carboxylic acid groups (broad SMARTS) is 1. The molecular formula is C62H109N11O14. The van der Waals surface area contributed by atoms with Crippen LogP contribution in [0.25, 0.3) is 0 Å². The SMILES string of the molecule is CC[C@@H]1NC(=O)C([C@H](O)[C@H](C)C/C=C\C(=O)O)N(C)C(=O)[C@H](C(C)C)N(C)C(=O)[C@H](CC(C)C)N(C)C(=O)[C@H](CC(C)C)N(C)C(=O)[C@H](C)NC(=O)[C@H](C)NC(=O)[C@H](CC(C)C)N(C)C(=O)[C@H](C(C)C)NC(=O)[C@H](CC(C)C)N(C)C(=O)CN(C)C1=O. The Morgan fingerprint density at radius 1 is 0.483 bits per heavy atom. The summed E-state index contributed by atoms with van der Waals surface area (Å²) < 4.78 is 0. The molecule has 0 spiro atoms. The molecular weight excluding hydrogens is 1120 g/mol. The highest BCUT2D eigenvalue weighted by Crippen LogP contribution is 2.26. The van der Waals surface area contributed by atoms with Gasteiger partial charge in [-0.15, -0.1) is 0 Å². The van der Waals surface area contributed by atoms with Crippen LogP contribution in [0.2, 0.25) is 0 Å². The summed E-state index contributed by atoms with van der Waals surface area (Å²) >= 11 is 0. The van der Waals surface area contributed by atoms with Gasteiger partial charge < -0.3 is 65.8 Å². The van der Waals surface area contributed by atoms with Crippen molar-refractivity contribution in [3.8, 4) is 0 Å². The molecule has 0 aromatic rings. The topological polar surface area (TPSA) is 316 Å². The number of amides is 11. The Kier molecular flexibility index (Phi) is 31.8. The Hall–Kier alpha value is -6.66. The molecule has 87 heavy (non-hydrogen) atoms. The van der Waals surface area contributed by atoms with Crippen LogP contribution in [-0.2, 0) is 57.5 Å². The molecule has 1 unspecified atom stereocenters. The van der Waals surface area contributed by atoms with E-state index in [9.17, 15) is 58.2 Å². The number of hydrogen-bond acceptors (Lipinski definition) is 13. The zero-order valence-electron chi connectivity index (χ0n) is 56.4. The number of carbonyl (C=O) groups excluding carboxylic acids is 11. The summed E-state index contributed by atoms with van der Waals surface area (Å²) in [6.45, 7) is 26.9. The number of carboxylic acids is 1. The van der Waals surface area contributed by atoms with Crippen LogP contribution in [0.3, 0.4) is 0 Å². The van der Waals surface area contributed by atoms with Crippen molar-refractivity contribution in [1.82, 2.24) is 55.6 Å². The molecule has 12 atom stereocenters. The van der Waals surface area contributed by atoms with E-state index >= 15 is 9.59 Å². The first-order valence-electron chi connectivity index (χ1n) is 30.7. The van der Waals surface area contributed by atoms with Crippen LogP contribution >= 0.6 is 0 Å². The number of nitrogens with one attached hydrogen (secondary N) is 4. The molecule has 0 bridgehead atoms. The monoisotopic (exact) mass is 1230 g/mol. The van der Waals surface area contributed by atoms with E-state index in [0.717, 1.165) is 15.9 Å². The Balaban J connectivity index is 4.35. The first-order chi connectivity index (χ1) is 40.1. The summed E-state index contributed by atoms with van der Waals surface area (Å²) in [6, 6.07) is -12.9. The second kappa shape index (κ2) is 35.4. The third-order valence-corrected chi connectivity index (χ3v) is 16.1. The maximum atomic E-state index is 15.1. The van der Waals surface area contributed by atoms with Crippen molar-refractivity contribution in [3.05, 3.63) is 12.2 Å². The lowest BCUT2D eigenvalue weighted by atomic mass is 9.91. The van der Waals surface area contributed by atoms with Gasteiger partial charge in [-0.05, 0) is 93.8 Å². The van der Waals surface area contributed by atoms with Crippen molar-refractivity contribution in [2.24, 2.45) is 41.4 Å². The van der Waals surface area contributed by atoms with Crippen molar-refractivity contribution >= 4 is 70.9 Å². The molecule has 0 radical (unpaired) electrons. The number of aliphatic hydroxyl groups is 1. The number of carbonyl (C=O) groups is 12. The second-order valence-corrected chi connectivity index (χ2v) is 26.3. The van der Waals surface area contributed by atoms with Gasteiger partial charge in [0.2, 0.25) is 65.0 Å². The predicted molar refractivity (Wildman–Crippen MR) is 330 cm³/mol. The van der Waals surface area contributed by atoms with Gasteiger partial charge in [-0.1, -0.05) is 103 Å². The first-order valence-corrected chi connectivity index (χ1v) is 30.7. The van der Waals surface area contributed by atoms with Crippen molar-refractivity contribution < 1.29 is 67.7 Å². The minimum absolute atomic E-state index is 0.0438. The molecule has 1 saturated heterocycles. The Labute approximate surface area is 517 Å². The van der Waals surface area contributed by atoms with Crippen LogP contribution in [0.5, 0.6) is 0 Å². The van der Waals surface area contributed by atoms with E-state index in [1.165, 1.54) is 101 Å². The fourth-order valence-corrected chi connectivity index (χ4v) is 10.7. The molecule has 0 aliphatic carbocycles. The number of nitrogens with zero attached hydrogens (tertiary/aromatic N) is 7. The van der Waals surface area contributed by atoms with E-state index in [1.807, 2.05) is 55.4 Å². The highest BCUT2D eigenvalue weighted by molar-refractivity contribution is 5.99. The molecule has 25 heteroatoms. The lowest BCUT2D eigenvalue weighted by Crippen LogP contribution is -2.63. The lowest BCUT2D eigenvalue weighted by Gasteiger charge is -2.41. The lowest BCUT2D eigenvalue weighted by molar-refractivity contribution is -0.157. The van der Waals surface area contributed by atoms with E-state index in [-0.39, 0.29) is 62.2 Å². The van der Waals surface area contributed by atoms with Crippen LogP contribution in [0.1, 0.15) is 149 Å². The molecule has 6 N–H and O–H groups in total.